The topological polar surface area (TPSA) is 33.2 Å². The Morgan fingerprint density at radius 3 is 2.58 bits per heavy atom. The molecule has 2 aromatic rings. The molecule has 0 saturated heterocycles. The number of likely N-dealkylation sites (N-methyl/N-ethyl adjacent to an activating group) is 1. The van der Waals surface area contributed by atoms with Gasteiger partial charge in [-0.05, 0) is 38.5 Å². The molecule has 19 heavy (non-hydrogen) atoms. The summed E-state index contributed by atoms with van der Waals surface area (Å²) in [7, 11) is 0. The van der Waals surface area contributed by atoms with Crippen LogP contribution in [0.5, 0.6) is 0 Å². The lowest BCUT2D eigenvalue weighted by Gasteiger charge is -2.19. The zero-order valence-electron chi connectivity index (χ0n) is 11.8. The molecular formula is C16H20N2O. The number of hydrogen-bond acceptors (Lipinski definition) is 2. The SMILES string of the molecule is CCN(CC)C(=O)Cc1nc2ccccc2cc1C. The number of carbonyl (C=O) groups is 1. The first-order valence-electron chi connectivity index (χ1n) is 6.78. The number of aromatic nitrogens is 1. The minimum absolute atomic E-state index is 0.149. The Kier molecular flexibility index (Phi) is 4.15. The van der Waals surface area contributed by atoms with E-state index in [4.69, 9.17) is 0 Å². The second kappa shape index (κ2) is 5.83. The third-order valence-corrected chi connectivity index (χ3v) is 3.45. The largest absolute Gasteiger partial charge is 0.343 e. The van der Waals surface area contributed by atoms with E-state index in [1.54, 1.807) is 0 Å². The first kappa shape index (κ1) is 13.5. The van der Waals surface area contributed by atoms with Crippen LogP contribution in [0.2, 0.25) is 0 Å². The van der Waals surface area contributed by atoms with Crippen LogP contribution in [0.1, 0.15) is 25.1 Å². The van der Waals surface area contributed by atoms with Crippen LogP contribution in [0.15, 0.2) is 30.3 Å². The molecule has 0 bridgehead atoms. The Hall–Kier alpha value is -1.90. The smallest absolute Gasteiger partial charge is 0.228 e. The minimum Gasteiger partial charge on any atom is -0.343 e. The first-order chi connectivity index (χ1) is 9.15. The van der Waals surface area contributed by atoms with Crippen molar-refractivity contribution in [2.75, 3.05) is 13.1 Å². The Morgan fingerprint density at radius 2 is 1.89 bits per heavy atom. The van der Waals surface area contributed by atoms with Gasteiger partial charge >= 0.3 is 0 Å². The average molecular weight is 256 g/mol. The van der Waals surface area contributed by atoms with Gasteiger partial charge in [0.2, 0.25) is 5.91 Å². The molecular weight excluding hydrogens is 236 g/mol. The monoisotopic (exact) mass is 256 g/mol. The van der Waals surface area contributed by atoms with E-state index in [0.717, 1.165) is 35.2 Å². The van der Waals surface area contributed by atoms with E-state index in [9.17, 15) is 4.79 Å². The summed E-state index contributed by atoms with van der Waals surface area (Å²) in [6, 6.07) is 10.1. The molecule has 100 valence electrons. The van der Waals surface area contributed by atoms with Crippen LogP contribution in [0, 0.1) is 6.92 Å². The van der Waals surface area contributed by atoms with E-state index in [1.165, 1.54) is 0 Å². The number of amides is 1. The summed E-state index contributed by atoms with van der Waals surface area (Å²) < 4.78 is 0. The molecule has 0 fully saturated rings. The predicted molar refractivity (Wildman–Crippen MR) is 78.1 cm³/mol. The number of hydrogen-bond donors (Lipinski definition) is 0. The van der Waals surface area contributed by atoms with E-state index < -0.39 is 0 Å². The maximum atomic E-state index is 12.1. The summed E-state index contributed by atoms with van der Waals surface area (Å²) in [6.07, 6.45) is 0.387. The maximum absolute atomic E-state index is 12.1. The standard InChI is InChI=1S/C16H20N2O/c1-4-18(5-2)16(19)11-15-12(3)10-13-8-6-7-9-14(13)17-15/h6-10H,4-5,11H2,1-3H3. The van der Waals surface area contributed by atoms with E-state index >= 15 is 0 Å². The maximum Gasteiger partial charge on any atom is 0.228 e. The van der Waals surface area contributed by atoms with Gasteiger partial charge in [-0.2, -0.15) is 0 Å². The summed E-state index contributed by atoms with van der Waals surface area (Å²) >= 11 is 0. The molecule has 0 unspecified atom stereocenters. The Bertz CT molecular complexity index is 588. The molecule has 0 aliphatic rings. The van der Waals surface area contributed by atoms with Crippen LogP contribution >= 0.6 is 0 Å². The van der Waals surface area contributed by atoms with Crippen molar-refractivity contribution in [2.45, 2.75) is 27.2 Å². The summed E-state index contributed by atoms with van der Waals surface area (Å²) in [4.78, 5) is 18.6. The number of benzene rings is 1. The molecule has 1 heterocycles. The minimum atomic E-state index is 0.149. The fourth-order valence-corrected chi connectivity index (χ4v) is 2.27. The second-order valence-corrected chi connectivity index (χ2v) is 4.69. The number of carbonyl (C=O) groups excluding carboxylic acids is 1. The highest BCUT2D eigenvalue weighted by molar-refractivity contribution is 5.82. The summed E-state index contributed by atoms with van der Waals surface area (Å²) in [6.45, 7) is 7.53. The highest BCUT2D eigenvalue weighted by Gasteiger charge is 2.13. The van der Waals surface area contributed by atoms with Gasteiger partial charge in [0.1, 0.15) is 0 Å². The van der Waals surface area contributed by atoms with Crippen molar-refractivity contribution in [1.29, 1.82) is 0 Å². The van der Waals surface area contributed by atoms with Crippen molar-refractivity contribution in [3.8, 4) is 0 Å². The van der Waals surface area contributed by atoms with Crippen molar-refractivity contribution >= 4 is 16.8 Å². The van der Waals surface area contributed by atoms with Crippen LogP contribution in [0.4, 0.5) is 0 Å². The van der Waals surface area contributed by atoms with Crippen molar-refractivity contribution in [3.05, 3.63) is 41.6 Å². The van der Waals surface area contributed by atoms with Gasteiger partial charge < -0.3 is 4.90 Å². The molecule has 0 N–H and O–H groups in total. The van der Waals surface area contributed by atoms with Gasteiger partial charge in [-0.25, -0.2) is 0 Å². The van der Waals surface area contributed by atoms with Gasteiger partial charge in [-0.15, -0.1) is 0 Å². The van der Waals surface area contributed by atoms with Gasteiger partial charge in [-0.3, -0.25) is 9.78 Å². The molecule has 1 aromatic heterocycles. The van der Waals surface area contributed by atoms with E-state index in [2.05, 4.69) is 11.1 Å². The molecule has 2 rings (SSSR count). The Balaban J connectivity index is 2.30. The lowest BCUT2D eigenvalue weighted by Crippen LogP contribution is -2.32. The lowest BCUT2D eigenvalue weighted by atomic mass is 10.1. The summed E-state index contributed by atoms with van der Waals surface area (Å²) in [5.41, 5.74) is 2.92. The third kappa shape index (κ3) is 2.92. The number of nitrogens with zero attached hydrogens (tertiary/aromatic N) is 2. The summed E-state index contributed by atoms with van der Waals surface area (Å²) in [5.74, 6) is 0.149. The van der Waals surface area contributed by atoms with Gasteiger partial charge in [0.15, 0.2) is 0 Å². The van der Waals surface area contributed by atoms with Crippen molar-refractivity contribution in [3.63, 3.8) is 0 Å². The fourth-order valence-electron chi connectivity index (χ4n) is 2.27. The van der Waals surface area contributed by atoms with E-state index in [0.29, 0.717) is 6.42 Å². The Morgan fingerprint density at radius 1 is 1.21 bits per heavy atom. The molecule has 3 heteroatoms. The molecule has 0 aliphatic carbocycles. The summed E-state index contributed by atoms with van der Waals surface area (Å²) in [5, 5.41) is 1.12. The van der Waals surface area contributed by atoms with Gasteiger partial charge in [0.05, 0.1) is 17.6 Å². The highest BCUT2D eigenvalue weighted by Crippen LogP contribution is 2.16. The molecule has 0 radical (unpaired) electrons. The van der Waals surface area contributed by atoms with Gasteiger partial charge in [0.25, 0.3) is 0 Å². The van der Waals surface area contributed by atoms with E-state index in [1.807, 2.05) is 49.9 Å². The molecule has 0 aliphatic heterocycles. The molecule has 0 atom stereocenters. The van der Waals surface area contributed by atoms with Gasteiger partial charge in [0, 0.05) is 18.5 Å². The molecule has 3 nitrogen and oxygen atoms in total. The zero-order valence-corrected chi connectivity index (χ0v) is 11.8. The van der Waals surface area contributed by atoms with Crippen molar-refractivity contribution in [2.24, 2.45) is 0 Å². The number of pyridine rings is 1. The van der Waals surface area contributed by atoms with Crippen LogP contribution in [0.25, 0.3) is 10.9 Å². The number of rotatable bonds is 4. The molecule has 0 spiro atoms. The number of para-hydroxylation sites is 1. The normalized spacial score (nSPS) is 10.7. The lowest BCUT2D eigenvalue weighted by molar-refractivity contribution is -0.130. The number of aryl methyl sites for hydroxylation is 1. The second-order valence-electron chi connectivity index (χ2n) is 4.69. The van der Waals surface area contributed by atoms with Crippen molar-refractivity contribution < 1.29 is 4.79 Å². The van der Waals surface area contributed by atoms with Crippen LogP contribution in [-0.2, 0) is 11.2 Å². The third-order valence-electron chi connectivity index (χ3n) is 3.45. The average Bonchev–Trinajstić information content (AvgIpc) is 2.41. The molecule has 0 saturated carbocycles. The molecule has 1 amide bonds. The van der Waals surface area contributed by atoms with E-state index in [-0.39, 0.29) is 5.91 Å². The quantitative estimate of drug-likeness (QED) is 0.842. The highest BCUT2D eigenvalue weighted by atomic mass is 16.2. The number of fused-ring (bicyclic) bond motifs is 1. The predicted octanol–water partition coefficient (Wildman–Crippen LogP) is 2.95. The first-order valence-corrected chi connectivity index (χ1v) is 6.78. The Labute approximate surface area is 114 Å². The fraction of sp³-hybridized carbons (Fsp3) is 0.375. The van der Waals surface area contributed by atoms with Crippen LogP contribution in [-0.4, -0.2) is 28.9 Å². The van der Waals surface area contributed by atoms with Gasteiger partial charge in [-0.1, -0.05) is 18.2 Å². The zero-order chi connectivity index (χ0) is 13.8. The van der Waals surface area contributed by atoms with Crippen LogP contribution < -0.4 is 0 Å². The van der Waals surface area contributed by atoms with Crippen LogP contribution in [0.3, 0.4) is 0 Å². The van der Waals surface area contributed by atoms with Crippen molar-refractivity contribution in [1.82, 2.24) is 9.88 Å². The molecule has 1 aromatic carbocycles.